The lowest BCUT2D eigenvalue weighted by atomic mass is 9.80. The number of benzene rings is 2. The number of hydrogen-bond donors (Lipinski definition) is 0. The first-order valence-corrected chi connectivity index (χ1v) is 8.56. The summed E-state index contributed by atoms with van der Waals surface area (Å²) in [7, 11) is 0. The van der Waals surface area contributed by atoms with Crippen molar-refractivity contribution >= 4 is 10.8 Å². The van der Waals surface area contributed by atoms with Gasteiger partial charge in [-0.05, 0) is 70.8 Å². The first-order valence-electron chi connectivity index (χ1n) is 8.56. The molecule has 0 heteroatoms. The second-order valence-corrected chi connectivity index (χ2v) is 8.39. The van der Waals surface area contributed by atoms with E-state index in [1.165, 1.54) is 21.9 Å². The van der Waals surface area contributed by atoms with E-state index in [2.05, 4.69) is 89.5 Å². The van der Waals surface area contributed by atoms with Crippen molar-refractivity contribution in [2.24, 2.45) is 0 Å². The van der Waals surface area contributed by atoms with E-state index in [0.717, 1.165) is 11.1 Å². The minimum absolute atomic E-state index is 0.0813. The van der Waals surface area contributed by atoms with E-state index in [9.17, 15) is 0 Å². The molecule has 2 aromatic carbocycles. The summed E-state index contributed by atoms with van der Waals surface area (Å²) < 4.78 is 0. The van der Waals surface area contributed by atoms with Crippen LogP contribution >= 0.6 is 0 Å². The van der Waals surface area contributed by atoms with Gasteiger partial charge in [0.15, 0.2) is 0 Å². The Morgan fingerprint density at radius 1 is 0.583 bits per heavy atom. The van der Waals surface area contributed by atoms with Crippen LogP contribution in [0.3, 0.4) is 0 Å². The zero-order chi connectivity index (χ0) is 18.1. The molecule has 24 heavy (non-hydrogen) atoms. The van der Waals surface area contributed by atoms with E-state index >= 15 is 0 Å². The third kappa shape index (κ3) is 3.66. The molecule has 0 radical (unpaired) electrons. The predicted octanol–water partition coefficient (Wildman–Crippen LogP) is 6.18. The fraction of sp³-hybridized carbons (Fsp3) is 0.417. The Bertz CT molecular complexity index is 812. The Kier molecular flexibility index (Phi) is 4.82. The van der Waals surface area contributed by atoms with Crippen LogP contribution in [-0.4, -0.2) is 0 Å². The van der Waals surface area contributed by atoms with Crippen LogP contribution in [0.2, 0.25) is 0 Å². The highest BCUT2D eigenvalue weighted by atomic mass is 14.2. The quantitative estimate of drug-likeness (QED) is 0.509. The van der Waals surface area contributed by atoms with Crippen LogP contribution in [-0.2, 0) is 10.8 Å². The van der Waals surface area contributed by atoms with Crippen LogP contribution in [0.5, 0.6) is 0 Å². The molecule has 0 fully saturated rings. The lowest BCUT2D eigenvalue weighted by Crippen LogP contribution is -2.13. The van der Waals surface area contributed by atoms with E-state index in [0.29, 0.717) is 0 Å². The van der Waals surface area contributed by atoms with Crippen molar-refractivity contribution in [1.29, 1.82) is 0 Å². The van der Waals surface area contributed by atoms with E-state index < -0.39 is 0 Å². The third-order valence-corrected chi connectivity index (χ3v) is 4.32. The Morgan fingerprint density at radius 2 is 0.917 bits per heavy atom. The van der Waals surface area contributed by atoms with Gasteiger partial charge in [0.05, 0.1) is 0 Å². The van der Waals surface area contributed by atoms with Crippen molar-refractivity contribution in [3.63, 3.8) is 0 Å². The molecule has 0 heterocycles. The summed E-state index contributed by atoms with van der Waals surface area (Å²) in [5, 5.41) is 2.42. The Morgan fingerprint density at radius 3 is 1.17 bits per heavy atom. The average molecular weight is 316 g/mol. The Labute approximate surface area is 147 Å². The van der Waals surface area contributed by atoms with E-state index in [4.69, 9.17) is 0 Å². The third-order valence-electron chi connectivity index (χ3n) is 4.32. The molecule has 0 atom stereocenters. The van der Waals surface area contributed by atoms with Crippen LogP contribution in [0, 0.1) is 23.7 Å². The smallest absolute Gasteiger partial charge is 0.0327 e. The summed E-state index contributed by atoms with van der Waals surface area (Å²) in [5.41, 5.74) is 4.97. The standard InChI is InChI=1S/C24H28/c1-9-11-17-13-19(23(3,4)5)16-22-18(12-10-2)14-20(15-21(17)22)24(6,7)8/h13-16H,1-8H3. The fourth-order valence-electron chi connectivity index (χ4n) is 2.80. The Hall–Kier alpha value is -2.18. The van der Waals surface area contributed by atoms with Gasteiger partial charge in [-0.1, -0.05) is 53.4 Å². The van der Waals surface area contributed by atoms with Crippen LogP contribution < -0.4 is 0 Å². The molecule has 124 valence electrons. The molecule has 2 rings (SSSR count). The maximum absolute atomic E-state index is 3.31. The zero-order valence-electron chi connectivity index (χ0n) is 16.3. The molecule has 0 unspecified atom stereocenters. The lowest BCUT2D eigenvalue weighted by molar-refractivity contribution is 0.589. The summed E-state index contributed by atoms with van der Waals surface area (Å²) >= 11 is 0. The van der Waals surface area contributed by atoms with Gasteiger partial charge < -0.3 is 0 Å². The van der Waals surface area contributed by atoms with E-state index in [1.54, 1.807) is 0 Å². The maximum atomic E-state index is 3.31. The molecule has 0 aromatic heterocycles. The molecule has 0 saturated heterocycles. The van der Waals surface area contributed by atoms with Gasteiger partial charge in [-0.3, -0.25) is 0 Å². The molecule has 0 aliphatic rings. The fourth-order valence-corrected chi connectivity index (χ4v) is 2.80. The van der Waals surface area contributed by atoms with Crippen molar-refractivity contribution in [3.05, 3.63) is 46.5 Å². The van der Waals surface area contributed by atoms with Crippen LogP contribution in [0.25, 0.3) is 10.8 Å². The summed E-state index contributed by atoms with van der Waals surface area (Å²) in [6.07, 6.45) is 0. The maximum Gasteiger partial charge on any atom is 0.0327 e. The van der Waals surface area contributed by atoms with Crippen molar-refractivity contribution < 1.29 is 0 Å². The van der Waals surface area contributed by atoms with Gasteiger partial charge >= 0.3 is 0 Å². The van der Waals surface area contributed by atoms with Gasteiger partial charge in [-0.25, -0.2) is 0 Å². The first kappa shape index (κ1) is 18.2. The minimum atomic E-state index is 0.0813. The van der Waals surface area contributed by atoms with Crippen LogP contribution in [0.1, 0.15) is 77.6 Å². The molecule has 0 nitrogen and oxygen atoms in total. The molecule has 0 spiro atoms. The molecular weight excluding hydrogens is 288 g/mol. The molecule has 0 aliphatic heterocycles. The molecule has 0 saturated carbocycles. The summed E-state index contributed by atoms with van der Waals surface area (Å²) in [4.78, 5) is 0. The SMILES string of the molecule is CC#Cc1cc(C(C)(C)C)cc2c(C#CC)cc(C(C)(C)C)cc12. The van der Waals surface area contributed by atoms with Crippen molar-refractivity contribution in [2.75, 3.05) is 0 Å². The predicted molar refractivity (Wildman–Crippen MR) is 106 cm³/mol. The van der Waals surface area contributed by atoms with Gasteiger partial charge in [0.2, 0.25) is 0 Å². The van der Waals surface area contributed by atoms with Gasteiger partial charge in [0.25, 0.3) is 0 Å². The zero-order valence-corrected chi connectivity index (χ0v) is 16.3. The number of hydrogen-bond acceptors (Lipinski definition) is 0. The van der Waals surface area contributed by atoms with Crippen molar-refractivity contribution in [1.82, 2.24) is 0 Å². The van der Waals surface area contributed by atoms with Gasteiger partial charge in [-0.15, -0.1) is 11.8 Å². The minimum Gasteiger partial charge on any atom is -0.101 e. The van der Waals surface area contributed by atoms with E-state index in [1.807, 2.05) is 13.8 Å². The van der Waals surface area contributed by atoms with Gasteiger partial charge in [-0.2, -0.15) is 0 Å². The van der Waals surface area contributed by atoms with Crippen molar-refractivity contribution in [2.45, 2.75) is 66.2 Å². The Balaban J connectivity index is 3.00. The molecule has 0 bridgehead atoms. The summed E-state index contributed by atoms with van der Waals surface area (Å²) in [6, 6.07) is 9.08. The second kappa shape index (κ2) is 6.37. The molecule has 0 N–H and O–H groups in total. The molecule has 2 aromatic rings. The van der Waals surface area contributed by atoms with Gasteiger partial charge in [0.1, 0.15) is 0 Å². The molecule has 0 aliphatic carbocycles. The van der Waals surface area contributed by atoms with Crippen molar-refractivity contribution in [3.8, 4) is 23.7 Å². The highest BCUT2D eigenvalue weighted by Crippen LogP contribution is 2.34. The first-order chi connectivity index (χ1) is 11.1. The highest BCUT2D eigenvalue weighted by molar-refractivity contribution is 5.94. The van der Waals surface area contributed by atoms with Gasteiger partial charge in [0, 0.05) is 11.1 Å². The lowest BCUT2D eigenvalue weighted by Gasteiger charge is -2.23. The normalized spacial score (nSPS) is 11.5. The topological polar surface area (TPSA) is 0 Å². The summed E-state index contributed by atoms with van der Waals surface area (Å²) in [6.45, 7) is 17.3. The van der Waals surface area contributed by atoms with Crippen LogP contribution in [0.4, 0.5) is 0 Å². The van der Waals surface area contributed by atoms with Crippen LogP contribution in [0.15, 0.2) is 24.3 Å². The number of fused-ring (bicyclic) bond motifs is 1. The molecule has 0 amide bonds. The largest absolute Gasteiger partial charge is 0.101 e. The second-order valence-electron chi connectivity index (χ2n) is 8.39. The monoisotopic (exact) mass is 316 g/mol. The highest BCUT2D eigenvalue weighted by Gasteiger charge is 2.20. The average Bonchev–Trinajstić information content (AvgIpc) is 2.46. The van der Waals surface area contributed by atoms with E-state index in [-0.39, 0.29) is 10.8 Å². The number of rotatable bonds is 0. The summed E-state index contributed by atoms with van der Waals surface area (Å²) in [5.74, 6) is 12.8. The molecular formula is C24H28.